The molecule has 5 nitrogen and oxygen atoms in total. The summed E-state index contributed by atoms with van der Waals surface area (Å²) in [5, 5.41) is 12.1. The fourth-order valence-electron chi connectivity index (χ4n) is 6.76. The highest BCUT2D eigenvalue weighted by Gasteiger charge is 2.18. The zero-order valence-electron chi connectivity index (χ0n) is 27.4. The van der Waals surface area contributed by atoms with Gasteiger partial charge in [0.05, 0.1) is 11.6 Å². The van der Waals surface area contributed by atoms with Crippen molar-refractivity contribution in [3.05, 3.63) is 175 Å². The molecule has 0 atom stereocenters. The third-order valence-corrected chi connectivity index (χ3v) is 9.21. The summed E-state index contributed by atoms with van der Waals surface area (Å²) in [7, 11) is 0. The highest BCUT2D eigenvalue weighted by molar-refractivity contribution is 6.13. The van der Waals surface area contributed by atoms with Gasteiger partial charge in [0.1, 0.15) is 11.2 Å². The van der Waals surface area contributed by atoms with Crippen LogP contribution in [0.1, 0.15) is 5.56 Å². The second-order valence-corrected chi connectivity index (χ2v) is 12.3. The van der Waals surface area contributed by atoms with Crippen molar-refractivity contribution in [2.24, 2.45) is 0 Å². The van der Waals surface area contributed by atoms with Crippen LogP contribution in [-0.2, 0) is 0 Å². The van der Waals surface area contributed by atoms with E-state index in [9.17, 15) is 5.26 Å². The Kier molecular flexibility index (Phi) is 7.46. The van der Waals surface area contributed by atoms with E-state index in [0.29, 0.717) is 23.0 Å². The van der Waals surface area contributed by atoms with Gasteiger partial charge in [-0.1, -0.05) is 140 Å². The van der Waals surface area contributed by atoms with Gasteiger partial charge in [0.25, 0.3) is 0 Å². The first-order valence-electron chi connectivity index (χ1n) is 16.8. The Labute approximate surface area is 294 Å². The highest BCUT2D eigenvalue weighted by atomic mass is 16.3. The Morgan fingerprint density at radius 3 is 1.63 bits per heavy atom. The summed E-state index contributed by atoms with van der Waals surface area (Å²) in [6.07, 6.45) is 0. The van der Waals surface area contributed by atoms with Gasteiger partial charge in [0.2, 0.25) is 0 Å². The second-order valence-electron chi connectivity index (χ2n) is 12.3. The van der Waals surface area contributed by atoms with Gasteiger partial charge in [-0.2, -0.15) is 5.26 Å². The summed E-state index contributed by atoms with van der Waals surface area (Å²) in [5.74, 6) is 1.67. The van der Waals surface area contributed by atoms with Crippen LogP contribution in [-0.4, -0.2) is 15.0 Å². The number of aromatic nitrogens is 3. The molecule has 0 saturated carbocycles. The van der Waals surface area contributed by atoms with Gasteiger partial charge in [-0.05, 0) is 58.1 Å². The van der Waals surface area contributed by atoms with Crippen LogP contribution in [0.2, 0.25) is 0 Å². The van der Waals surface area contributed by atoms with Crippen LogP contribution >= 0.6 is 0 Å². The van der Waals surface area contributed by atoms with E-state index in [2.05, 4.69) is 72.8 Å². The summed E-state index contributed by atoms with van der Waals surface area (Å²) in [5.41, 5.74) is 10.9. The topological polar surface area (TPSA) is 75.6 Å². The Hall–Kier alpha value is -7.16. The maximum absolute atomic E-state index is 9.94. The Balaban J connectivity index is 1.22. The number of nitriles is 1. The molecule has 9 rings (SSSR count). The maximum Gasteiger partial charge on any atom is 0.164 e. The number of hydrogen-bond donors (Lipinski definition) is 0. The van der Waals surface area contributed by atoms with Crippen LogP contribution in [0.5, 0.6) is 0 Å². The molecule has 0 aliphatic carbocycles. The first-order valence-corrected chi connectivity index (χ1v) is 16.8. The molecule has 9 aromatic rings. The molecule has 0 radical (unpaired) electrons. The quantitative estimate of drug-likeness (QED) is 0.179. The lowest BCUT2D eigenvalue weighted by atomic mass is 9.90. The predicted octanol–water partition coefficient (Wildman–Crippen LogP) is 11.6. The maximum atomic E-state index is 9.94. The predicted molar refractivity (Wildman–Crippen MR) is 204 cm³/mol. The molecule has 0 unspecified atom stereocenters. The van der Waals surface area contributed by atoms with Crippen molar-refractivity contribution in [2.45, 2.75) is 0 Å². The molecule has 2 aromatic heterocycles. The summed E-state index contributed by atoms with van der Waals surface area (Å²) >= 11 is 0. The van der Waals surface area contributed by atoms with Gasteiger partial charge in [-0.15, -0.1) is 0 Å². The lowest BCUT2D eigenvalue weighted by Gasteiger charge is -2.14. The van der Waals surface area contributed by atoms with Gasteiger partial charge < -0.3 is 4.42 Å². The van der Waals surface area contributed by atoms with Crippen LogP contribution in [0.15, 0.2) is 174 Å². The molecule has 0 aliphatic heterocycles. The molecule has 0 fully saturated rings. The molecule has 0 spiro atoms. The Morgan fingerprint density at radius 2 is 0.941 bits per heavy atom. The summed E-state index contributed by atoms with van der Waals surface area (Å²) in [6, 6.07) is 59.2. The van der Waals surface area contributed by atoms with E-state index in [4.69, 9.17) is 19.4 Å². The lowest BCUT2D eigenvalue weighted by molar-refractivity contribution is 0.669. The van der Waals surface area contributed by atoms with Crippen molar-refractivity contribution in [1.82, 2.24) is 15.0 Å². The third-order valence-electron chi connectivity index (χ3n) is 9.21. The Bertz CT molecular complexity index is 2750. The molecule has 7 aromatic carbocycles. The van der Waals surface area contributed by atoms with Gasteiger partial charge >= 0.3 is 0 Å². The van der Waals surface area contributed by atoms with Crippen molar-refractivity contribution < 1.29 is 4.42 Å². The largest absolute Gasteiger partial charge is 0.456 e. The molecule has 51 heavy (non-hydrogen) atoms. The zero-order valence-corrected chi connectivity index (χ0v) is 27.4. The second kappa shape index (κ2) is 12.7. The van der Waals surface area contributed by atoms with Crippen molar-refractivity contribution in [2.75, 3.05) is 0 Å². The van der Waals surface area contributed by atoms with Crippen LogP contribution in [0.25, 0.3) is 89.5 Å². The minimum Gasteiger partial charge on any atom is -0.456 e. The average Bonchev–Trinajstić information content (AvgIpc) is 3.60. The van der Waals surface area contributed by atoms with Crippen LogP contribution in [0.4, 0.5) is 0 Å². The molecule has 0 amide bonds. The summed E-state index contributed by atoms with van der Waals surface area (Å²) in [6.45, 7) is 0. The molecule has 5 heteroatoms. The molecule has 238 valence electrons. The third kappa shape index (κ3) is 5.51. The van der Waals surface area contributed by atoms with Gasteiger partial charge in [0.15, 0.2) is 17.5 Å². The molecule has 0 bridgehead atoms. The summed E-state index contributed by atoms with van der Waals surface area (Å²) in [4.78, 5) is 15.1. The number of benzene rings is 7. The van der Waals surface area contributed by atoms with Crippen molar-refractivity contribution in [1.29, 1.82) is 5.26 Å². The van der Waals surface area contributed by atoms with E-state index >= 15 is 0 Å². The number of hydrogen-bond acceptors (Lipinski definition) is 5. The molecule has 0 aliphatic rings. The number of nitrogens with zero attached hydrogens (tertiary/aromatic N) is 4. The van der Waals surface area contributed by atoms with E-state index in [1.165, 1.54) is 0 Å². The van der Waals surface area contributed by atoms with E-state index in [1.54, 1.807) is 0 Å². The minimum atomic E-state index is 0.546. The minimum absolute atomic E-state index is 0.546. The van der Waals surface area contributed by atoms with E-state index in [1.807, 2.05) is 103 Å². The average molecular weight is 653 g/mol. The SMILES string of the molecule is N#Cc1ccccc1-c1ccc(-c2nc(-c3ccccc3)nc(-c3ccc4c(c3)oc3cccc(-c5ccccc5)c34)n2)cc1-c1ccccc1. The van der Waals surface area contributed by atoms with E-state index in [0.717, 1.165) is 72.0 Å². The van der Waals surface area contributed by atoms with Crippen LogP contribution < -0.4 is 0 Å². The summed E-state index contributed by atoms with van der Waals surface area (Å²) < 4.78 is 6.45. The molecule has 0 N–H and O–H groups in total. The standard InChI is InChI=1S/C46H28N4O/c47-29-35-19-10-11-20-36(35)38-25-23-33(27-40(38)31-15-6-2-7-16-31)45-48-44(32-17-8-3-9-18-32)49-46(50-45)34-24-26-39-42(28-34)51-41-22-12-21-37(43(39)41)30-13-4-1-5-14-30/h1-28H. The zero-order chi connectivity index (χ0) is 34.1. The molecule has 2 heterocycles. The number of furan rings is 1. The lowest BCUT2D eigenvalue weighted by Crippen LogP contribution is -2.00. The van der Waals surface area contributed by atoms with E-state index in [-0.39, 0.29) is 0 Å². The molecular formula is C46H28N4O. The van der Waals surface area contributed by atoms with Crippen molar-refractivity contribution in [3.63, 3.8) is 0 Å². The van der Waals surface area contributed by atoms with Crippen molar-refractivity contribution in [3.8, 4) is 73.6 Å². The number of rotatable bonds is 6. The monoisotopic (exact) mass is 652 g/mol. The highest BCUT2D eigenvalue weighted by Crippen LogP contribution is 2.39. The smallest absolute Gasteiger partial charge is 0.164 e. The molecule has 0 saturated heterocycles. The van der Waals surface area contributed by atoms with Crippen LogP contribution in [0, 0.1) is 11.3 Å². The number of fused-ring (bicyclic) bond motifs is 3. The van der Waals surface area contributed by atoms with E-state index < -0.39 is 0 Å². The van der Waals surface area contributed by atoms with Gasteiger partial charge in [-0.25, -0.2) is 15.0 Å². The van der Waals surface area contributed by atoms with Crippen LogP contribution in [0.3, 0.4) is 0 Å². The van der Waals surface area contributed by atoms with Gasteiger partial charge in [0, 0.05) is 33.0 Å². The normalized spacial score (nSPS) is 11.1. The Morgan fingerprint density at radius 1 is 0.392 bits per heavy atom. The van der Waals surface area contributed by atoms with Crippen molar-refractivity contribution >= 4 is 21.9 Å². The fourth-order valence-corrected chi connectivity index (χ4v) is 6.76. The fraction of sp³-hybridized carbons (Fsp3) is 0. The first-order chi connectivity index (χ1) is 25.2. The van der Waals surface area contributed by atoms with Gasteiger partial charge in [-0.3, -0.25) is 0 Å². The molecular weight excluding hydrogens is 625 g/mol. The first kappa shape index (κ1) is 29.9.